The SMILES string of the molecule is C1CCNC1.C=C=C. The van der Waals surface area contributed by atoms with Gasteiger partial charge in [0, 0.05) is 0 Å². The van der Waals surface area contributed by atoms with Crippen LogP contribution in [0.5, 0.6) is 0 Å². The van der Waals surface area contributed by atoms with Crippen LogP contribution in [0.2, 0.25) is 0 Å². The molecule has 0 aromatic heterocycles. The first-order valence-corrected chi connectivity index (χ1v) is 2.91. The molecule has 8 heavy (non-hydrogen) atoms. The molecule has 0 unspecified atom stereocenters. The molecule has 1 aliphatic heterocycles. The first-order chi connectivity index (χ1) is 3.91. The molecule has 1 fully saturated rings. The Morgan fingerprint density at radius 3 is 1.62 bits per heavy atom. The van der Waals surface area contributed by atoms with Gasteiger partial charge in [0.2, 0.25) is 0 Å². The molecule has 0 saturated carbocycles. The number of hydrogen-bond acceptors (Lipinski definition) is 1. The van der Waals surface area contributed by atoms with Crippen LogP contribution in [0.3, 0.4) is 0 Å². The Bertz CT molecular complexity index is 58.8. The second-order valence-corrected chi connectivity index (χ2v) is 1.71. The molecule has 0 atom stereocenters. The van der Waals surface area contributed by atoms with E-state index in [1.165, 1.54) is 25.9 Å². The predicted molar refractivity (Wildman–Crippen MR) is 36.9 cm³/mol. The quantitative estimate of drug-likeness (QED) is 0.465. The van der Waals surface area contributed by atoms with E-state index in [1.807, 2.05) is 0 Å². The van der Waals surface area contributed by atoms with Crippen molar-refractivity contribution >= 4 is 0 Å². The highest BCUT2D eigenvalue weighted by molar-refractivity contribution is 4.55. The molecule has 1 N–H and O–H groups in total. The monoisotopic (exact) mass is 111 g/mol. The summed E-state index contributed by atoms with van der Waals surface area (Å²) in [5.41, 5.74) is 2.25. The summed E-state index contributed by atoms with van der Waals surface area (Å²) < 4.78 is 0. The Kier molecular flexibility index (Phi) is 6.06. The highest BCUT2D eigenvalue weighted by Crippen LogP contribution is 1.90. The fourth-order valence-electron chi connectivity index (χ4n) is 0.625. The van der Waals surface area contributed by atoms with Crippen LogP contribution in [-0.2, 0) is 0 Å². The van der Waals surface area contributed by atoms with E-state index >= 15 is 0 Å². The second-order valence-electron chi connectivity index (χ2n) is 1.71. The van der Waals surface area contributed by atoms with E-state index in [-0.39, 0.29) is 0 Å². The minimum Gasteiger partial charge on any atom is -0.317 e. The van der Waals surface area contributed by atoms with Crippen LogP contribution < -0.4 is 5.32 Å². The van der Waals surface area contributed by atoms with Gasteiger partial charge in [-0.3, -0.25) is 0 Å². The van der Waals surface area contributed by atoms with Gasteiger partial charge in [0.1, 0.15) is 0 Å². The third-order valence-corrected chi connectivity index (χ3v) is 0.957. The van der Waals surface area contributed by atoms with Crippen LogP contribution in [0, 0.1) is 0 Å². The van der Waals surface area contributed by atoms with Crippen molar-refractivity contribution in [2.24, 2.45) is 0 Å². The number of rotatable bonds is 0. The zero-order chi connectivity index (χ0) is 6.24. The number of nitrogens with one attached hydrogen (secondary N) is 1. The molecule has 0 bridgehead atoms. The molecular weight excluding hydrogens is 98.1 g/mol. The average Bonchev–Trinajstić information content (AvgIpc) is 2.17. The van der Waals surface area contributed by atoms with Crippen LogP contribution in [0.4, 0.5) is 0 Å². The van der Waals surface area contributed by atoms with E-state index in [0.29, 0.717) is 0 Å². The summed E-state index contributed by atoms with van der Waals surface area (Å²) in [6.45, 7) is 8.75. The summed E-state index contributed by atoms with van der Waals surface area (Å²) >= 11 is 0. The van der Waals surface area contributed by atoms with Crippen molar-refractivity contribution in [2.75, 3.05) is 13.1 Å². The van der Waals surface area contributed by atoms with E-state index in [9.17, 15) is 0 Å². The molecule has 1 rings (SSSR count). The molecule has 1 heterocycles. The van der Waals surface area contributed by atoms with Gasteiger partial charge in [-0.25, -0.2) is 0 Å². The minimum atomic E-state index is 1.25. The van der Waals surface area contributed by atoms with E-state index in [4.69, 9.17) is 0 Å². The van der Waals surface area contributed by atoms with E-state index in [0.717, 1.165) is 0 Å². The molecule has 1 nitrogen and oxygen atoms in total. The molecule has 0 aromatic carbocycles. The molecular formula is C7H13N. The zero-order valence-corrected chi connectivity index (χ0v) is 5.24. The van der Waals surface area contributed by atoms with Gasteiger partial charge < -0.3 is 5.32 Å². The molecule has 0 aromatic rings. The van der Waals surface area contributed by atoms with Gasteiger partial charge in [-0.2, -0.15) is 0 Å². The van der Waals surface area contributed by atoms with E-state index in [1.54, 1.807) is 0 Å². The smallest absolute Gasteiger partial charge is 0.00484 e. The lowest BCUT2D eigenvalue weighted by atomic mass is 10.4. The van der Waals surface area contributed by atoms with Crippen LogP contribution in [0.25, 0.3) is 0 Å². The fraction of sp³-hybridized carbons (Fsp3) is 0.571. The van der Waals surface area contributed by atoms with Gasteiger partial charge in [0.25, 0.3) is 0 Å². The minimum absolute atomic E-state index is 1.25. The van der Waals surface area contributed by atoms with Gasteiger partial charge in [-0.05, 0) is 25.9 Å². The molecule has 0 amide bonds. The van der Waals surface area contributed by atoms with Crippen molar-refractivity contribution in [3.8, 4) is 0 Å². The van der Waals surface area contributed by atoms with Gasteiger partial charge in [-0.15, -0.1) is 5.73 Å². The van der Waals surface area contributed by atoms with Crippen molar-refractivity contribution in [3.63, 3.8) is 0 Å². The highest BCUT2D eigenvalue weighted by atomic mass is 14.9. The summed E-state index contributed by atoms with van der Waals surface area (Å²) in [6, 6.07) is 0. The average molecular weight is 111 g/mol. The van der Waals surface area contributed by atoms with Crippen LogP contribution in [-0.4, -0.2) is 13.1 Å². The molecule has 0 spiro atoms. The van der Waals surface area contributed by atoms with Crippen molar-refractivity contribution in [1.29, 1.82) is 0 Å². The lowest BCUT2D eigenvalue weighted by Crippen LogP contribution is -2.03. The first kappa shape index (κ1) is 7.48. The summed E-state index contributed by atoms with van der Waals surface area (Å²) in [6.07, 6.45) is 2.78. The Morgan fingerprint density at radius 2 is 1.50 bits per heavy atom. The molecule has 0 radical (unpaired) electrons. The van der Waals surface area contributed by atoms with Gasteiger partial charge in [-0.1, -0.05) is 13.2 Å². The Labute approximate surface area is 51.1 Å². The molecule has 1 heteroatoms. The van der Waals surface area contributed by atoms with Crippen molar-refractivity contribution in [1.82, 2.24) is 5.32 Å². The summed E-state index contributed by atoms with van der Waals surface area (Å²) in [5, 5.41) is 3.22. The maximum absolute atomic E-state index is 3.22. The van der Waals surface area contributed by atoms with Gasteiger partial charge in [0.05, 0.1) is 0 Å². The lowest BCUT2D eigenvalue weighted by molar-refractivity contribution is 0.857. The predicted octanol–water partition coefficient (Wildman–Crippen LogP) is 1.33. The van der Waals surface area contributed by atoms with E-state index < -0.39 is 0 Å². The Balaban J connectivity index is 0.000000145. The fourth-order valence-corrected chi connectivity index (χ4v) is 0.625. The summed E-state index contributed by atoms with van der Waals surface area (Å²) in [5.74, 6) is 0. The largest absolute Gasteiger partial charge is 0.317 e. The standard InChI is InChI=1S/C4H9N.C3H4/c1-2-4-5-3-1;1-3-2/h5H,1-4H2;1-2H2. The van der Waals surface area contributed by atoms with Crippen molar-refractivity contribution in [2.45, 2.75) is 12.8 Å². The summed E-state index contributed by atoms with van der Waals surface area (Å²) in [4.78, 5) is 0. The van der Waals surface area contributed by atoms with Crippen LogP contribution in [0.15, 0.2) is 18.9 Å². The Morgan fingerprint density at radius 1 is 1.12 bits per heavy atom. The third kappa shape index (κ3) is 5.48. The first-order valence-electron chi connectivity index (χ1n) is 2.91. The maximum atomic E-state index is 3.22. The van der Waals surface area contributed by atoms with E-state index in [2.05, 4.69) is 24.2 Å². The summed E-state index contributed by atoms with van der Waals surface area (Å²) in [7, 11) is 0. The van der Waals surface area contributed by atoms with Crippen LogP contribution >= 0.6 is 0 Å². The molecule has 1 aliphatic rings. The molecule has 0 aliphatic carbocycles. The van der Waals surface area contributed by atoms with Gasteiger partial charge in [0.15, 0.2) is 0 Å². The topological polar surface area (TPSA) is 12.0 Å². The number of hydrogen-bond donors (Lipinski definition) is 1. The zero-order valence-electron chi connectivity index (χ0n) is 5.24. The van der Waals surface area contributed by atoms with Crippen LogP contribution in [0.1, 0.15) is 12.8 Å². The van der Waals surface area contributed by atoms with Crippen molar-refractivity contribution < 1.29 is 0 Å². The maximum Gasteiger partial charge on any atom is -0.00484 e. The molecule has 1 saturated heterocycles. The second kappa shape index (κ2) is 6.48. The lowest BCUT2D eigenvalue weighted by Gasteiger charge is -1.76. The third-order valence-electron chi connectivity index (χ3n) is 0.957. The normalized spacial score (nSPS) is 16.0. The highest BCUT2D eigenvalue weighted by Gasteiger charge is 1.93. The molecule has 46 valence electrons. The Hall–Kier alpha value is -0.520. The van der Waals surface area contributed by atoms with Crippen molar-refractivity contribution in [3.05, 3.63) is 18.9 Å². The van der Waals surface area contributed by atoms with Gasteiger partial charge >= 0.3 is 0 Å².